The van der Waals surface area contributed by atoms with E-state index in [1.54, 1.807) is 0 Å². The summed E-state index contributed by atoms with van der Waals surface area (Å²) in [6.45, 7) is 0.553. The number of carboxylic acids is 1. The molecule has 0 spiro atoms. The molecule has 8 nitrogen and oxygen atoms in total. The predicted molar refractivity (Wildman–Crippen MR) is 116 cm³/mol. The number of benzene rings is 2. The summed E-state index contributed by atoms with van der Waals surface area (Å²) in [7, 11) is 0. The van der Waals surface area contributed by atoms with Gasteiger partial charge in [-0.15, -0.1) is 0 Å². The molecule has 2 unspecified atom stereocenters. The van der Waals surface area contributed by atoms with Crippen molar-refractivity contribution in [2.24, 2.45) is 5.92 Å². The van der Waals surface area contributed by atoms with E-state index in [1.165, 1.54) is 12.2 Å². The minimum Gasteiger partial charge on any atom is -0.481 e. The number of aliphatic carboxylic acids is 1. The van der Waals surface area contributed by atoms with Crippen LogP contribution in [0.2, 0.25) is 0 Å². The molecule has 2 aliphatic rings. The standard InChI is InChI=1S/C24H24N2O6/c27-22(26-21-14-31-12-20(21)23(28)29)10-5-11-25-24(30)32-13-19-17-8-3-1-6-15(17)16-7-2-4-9-18(16)19/h1-10,19-21H,11-14H2,(H,25,30)(H,26,27)(H,28,29)/b10-5+. The van der Waals surface area contributed by atoms with Gasteiger partial charge in [0.05, 0.1) is 19.3 Å². The van der Waals surface area contributed by atoms with Crippen molar-refractivity contribution < 1.29 is 29.0 Å². The Hall–Kier alpha value is -3.65. The van der Waals surface area contributed by atoms with E-state index in [2.05, 4.69) is 22.8 Å². The van der Waals surface area contributed by atoms with Crippen LogP contribution in [0.25, 0.3) is 11.1 Å². The number of hydrogen-bond donors (Lipinski definition) is 3. The molecule has 0 radical (unpaired) electrons. The lowest BCUT2D eigenvalue weighted by atomic mass is 9.98. The normalized spacial score (nSPS) is 19.4. The van der Waals surface area contributed by atoms with Crippen molar-refractivity contribution in [1.29, 1.82) is 0 Å². The smallest absolute Gasteiger partial charge is 0.407 e. The molecule has 1 aliphatic heterocycles. The van der Waals surface area contributed by atoms with Crippen LogP contribution in [0.4, 0.5) is 4.79 Å². The molecule has 0 saturated carbocycles. The first-order chi connectivity index (χ1) is 15.5. The Morgan fingerprint density at radius 3 is 2.34 bits per heavy atom. The van der Waals surface area contributed by atoms with Crippen LogP contribution >= 0.6 is 0 Å². The van der Waals surface area contributed by atoms with Crippen LogP contribution in [0.15, 0.2) is 60.7 Å². The number of alkyl carbamates (subject to hydrolysis) is 1. The van der Waals surface area contributed by atoms with E-state index in [1.807, 2.05) is 36.4 Å². The first-order valence-electron chi connectivity index (χ1n) is 10.4. The van der Waals surface area contributed by atoms with Gasteiger partial charge in [-0.05, 0) is 22.3 Å². The van der Waals surface area contributed by atoms with Gasteiger partial charge < -0.3 is 25.2 Å². The first kappa shape index (κ1) is 21.6. The largest absolute Gasteiger partial charge is 0.481 e. The number of carbonyl (C=O) groups is 3. The summed E-state index contributed by atoms with van der Waals surface area (Å²) in [6, 6.07) is 15.6. The van der Waals surface area contributed by atoms with Crippen molar-refractivity contribution in [2.45, 2.75) is 12.0 Å². The maximum absolute atomic E-state index is 12.1. The van der Waals surface area contributed by atoms with Gasteiger partial charge in [-0.3, -0.25) is 9.59 Å². The molecule has 2 aromatic rings. The molecule has 2 aromatic carbocycles. The highest BCUT2D eigenvalue weighted by molar-refractivity contribution is 5.88. The lowest BCUT2D eigenvalue weighted by molar-refractivity contribution is -0.142. The third-order valence-electron chi connectivity index (χ3n) is 5.70. The minimum absolute atomic E-state index is 0.0229. The summed E-state index contributed by atoms with van der Waals surface area (Å²) >= 11 is 0. The summed E-state index contributed by atoms with van der Waals surface area (Å²) in [5, 5.41) is 14.3. The second-order valence-corrected chi connectivity index (χ2v) is 7.71. The zero-order valence-corrected chi connectivity index (χ0v) is 17.3. The number of carbonyl (C=O) groups excluding carboxylic acids is 2. The van der Waals surface area contributed by atoms with Crippen molar-refractivity contribution in [3.63, 3.8) is 0 Å². The molecular weight excluding hydrogens is 412 g/mol. The molecule has 3 N–H and O–H groups in total. The van der Waals surface area contributed by atoms with Gasteiger partial charge in [0, 0.05) is 18.5 Å². The van der Waals surface area contributed by atoms with E-state index < -0.39 is 29.9 Å². The Labute approximate surface area is 185 Å². The van der Waals surface area contributed by atoms with Gasteiger partial charge in [0.15, 0.2) is 0 Å². The fourth-order valence-electron chi connectivity index (χ4n) is 4.13. The van der Waals surface area contributed by atoms with Crippen LogP contribution in [-0.2, 0) is 19.1 Å². The maximum atomic E-state index is 12.1. The van der Waals surface area contributed by atoms with E-state index >= 15 is 0 Å². The zero-order valence-electron chi connectivity index (χ0n) is 17.3. The van der Waals surface area contributed by atoms with Crippen LogP contribution in [0.1, 0.15) is 17.0 Å². The fourth-order valence-corrected chi connectivity index (χ4v) is 4.13. The molecule has 4 rings (SSSR count). The summed E-state index contributed by atoms with van der Waals surface area (Å²) in [4.78, 5) is 35.2. The Kier molecular flexibility index (Phi) is 6.51. The van der Waals surface area contributed by atoms with Crippen molar-refractivity contribution in [2.75, 3.05) is 26.4 Å². The monoisotopic (exact) mass is 436 g/mol. The summed E-state index contributed by atoms with van der Waals surface area (Å²) in [5.74, 6) is -2.23. The lowest BCUT2D eigenvalue weighted by Crippen LogP contribution is -2.42. The van der Waals surface area contributed by atoms with Crippen LogP contribution in [0, 0.1) is 5.92 Å². The first-order valence-corrected chi connectivity index (χ1v) is 10.4. The molecule has 8 heteroatoms. The SMILES string of the molecule is O=C(/C=C/CNC(=O)OCC1c2ccccc2-c2ccccc21)NC1COCC1C(=O)O. The maximum Gasteiger partial charge on any atom is 0.407 e. The van der Waals surface area contributed by atoms with E-state index in [4.69, 9.17) is 14.6 Å². The minimum atomic E-state index is -1.01. The number of hydrogen-bond acceptors (Lipinski definition) is 5. The summed E-state index contributed by atoms with van der Waals surface area (Å²) < 4.78 is 10.5. The molecule has 1 heterocycles. The second kappa shape index (κ2) is 9.65. The van der Waals surface area contributed by atoms with Gasteiger partial charge >= 0.3 is 12.1 Å². The Balaban J connectivity index is 1.24. The van der Waals surface area contributed by atoms with Gasteiger partial charge in [0.1, 0.15) is 12.5 Å². The molecule has 0 bridgehead atoms. The van der Waals surface area contributed by atoms with Gasteiger partial charge in [0.2, 0.25) is 5.91 Å². The molecule has 1 saturated heterocycles. The van der Waals surface area contributed by atoms with E-state index in [-0.39, 0.29) is 32.3 Å². The number of amides is 2. The van der Waals surface area contributed by atoms with Crippen LogP contribution in [-0.4, -0.2) is 55.5 Å². The topological polar surface area (TPSA) is 114 Å². The Morgan fingerprint density at radius 1 is 1.03 bits per heavy atom. The second-order valence-electron chi connectivity index (χ2n) is 7.71. The van der Waals surface area contributed by atoms with E-state index in [0.29, 0.717) is 0 Å². The fraction of sp³-hybridized carbons (Fsp3) is 0.292. The van der Waals surface area contributed by atoms with Gasteiger partial charge in [-0.2, -0.15) is 0 Å². The third-order valence-corrected chi connectivity index (χ3v) is 5.70. The van der Waals surface area contributed by atoms with Crippen molar-refractivity contribution in [3.8, 4) is 11.1 Å². The highest BCUT2D eigenvalue weighted by Crippen LogP contribution is 2.44. The molecule has 32 heavy (non-hydrogen) atoms. The van der Waals surface area contributed by atoms with Crippen molar-refractivity contribution in [3.05, 3.63) is 71.8 Å². The average molecular weight is 436 g/mol. The van der Waals surface area contributed by atoms with Gasteiger partial charge in [0.25, 0.3) is 0 Å². The summed E-state index contributed by atoms with van der Waals surface area (Å²) in [5.41, 5.74) is 4.58. The Morgan fingerprint density at radius 2 is 1.69 bits per heavy atom. The molecule has 2 amide bonds. The highest BCUT2D eigenvalue weighted by Gasteiger charge is 2.34. The van der Waals surface area contributed by atoms with E-state index in [9.17, 15) is 14.4 Å². The van der Waals surface area contributed by atoms with E-state index in [0.717, 1.165) is 22.3 Å². The van der Waals surface area contributed by atoms with Crippen molar-refractivity contribution >= 4 is 18.0 Å². The number of nitrogens with one attached hydrogen (secondary N) is 2. The van der Waals surface area contributed by atoms with Crippen molar-refractivity contribution in [1.82, 2.24) is 10.6 Å². The van der Waals surface area contributed by atoms with Crippen LogP contribution in [0.5, 0.6) is 0 Å². The van der Waals surface area contributed by atoms with Crippen LogP contribution < -0.4 is 10.6 Å². The molecule has 1 aliphatic carbocycles. The summed E-state index contributed by atoms with van der Waals surface area (Å²) in [6.07, 6.45) is 2.15. The van der Waals surface area contributed by atoms with Gasteiger partial charge in [-0.1, -0.05) is 54.6 Å². The number of rotatable bonds is 7. The average Bonchev–Trinajstić information content (AvgIpc) is 3.38. The molecule has 166 valence electrons. The van der Waals surface area contributed by atoms with Crippen LogP contribution in [0.3, 0.4) is 0 Å². The third kappa shape index (κ3) is 4.65. The molecule has 2 atom stereocenters. The molecule has 0 aromatic heterocycles. The Bertz CT molecular complexity index is 1000. The molecular formula is C24H24N2O6. The quantitative estimate of drug-likeness (QED) is 0.574. The molecule has 1 fully saturated rings. The number of ether oxygens (including phenoxy) is 2. The zero-order chi connectivity index (χ0) is 22.5. The van der Waals surface area contributed by atoms with Gasteiger partial charge in [-0.25, -0.2) is 4.79 Å². The number of fused-ring (bicyclic) bond motifs is 3. The highest BCUT2D eigenvalue weighted by atomic mass is 16.5. The predicted octanol–water partition coefficient (Wildman–Crippen LogP) is 2.30. The lowest BCUT2D eigenvalue weighted by Gasteiger charge is -2.14. The number of carboxylic acid groups (broad SMARTS) is 1.